The minimum absolute atomic E-state index is 0.0497. The van der Waals surface area contributed by atoms with E-state index in [0.717, 1.165) is 5.56 Å². The molecule has 0 aliphatic rings. The van der Waals surface area contributed by atoms with Crippen LogP contribution in [0.3, 0.4) is 0 Å². The number of thioether (sulfide) groups is 1. The van der Waals surface area contributed by atoms with Gasteiger partial charge in [-0.25, -0.2) is 4.39 Å². The highest BCUT2D eigenvalue weighted by Crippen LogP contribution is 2.29. The first kappa shape index (κ1) is 16.9. The predicted octanol–water partition coefficient (Wildman–Crippen LogP) is 5.08. The second-order valence-electron chi connectivity index (χ2n) is 4.45. The molecular weight excluding hydrogens is 333 g/mol. The van der Waals surface area contributed by atoms with E-state index in [-0.39, 0.29) is 11.4 Å². The number of nitriles is 2. The van der Waals surface area contributed by atoms with Gasteiger partial charge in [0.25, 0.3) is 0 Å². The first-order valence-corrected chi connectivity index (χ1v) is 7.93. The Morgan fingerprint density at radius 2 is 1.87 bits per heavy atom. The van der Waals surface area contributed by atoms with Crippen molar-refractivity contribution in [3.05, 3.63) is 75.5 Å². The minimum atomic E-state index is -0.325. The van der Waals surface area contributed by atoms with Crippen LogP contribution >= 0.6 is 23.4 Å². The molecule has 0 fully saturated rings. The molecule has 0 spiro atoms. The van der Waals surface area contributed by atoms with Gasteiger partial charge in [0, 0.05) is 5.75 Å². The van der Waals surface area contributed by atoms with Gasteiger partial charge in [0.15, 0.2) is 5.57 Å². The summed E-state index contributed by atoms with van der Waals surface area (Å²) in [7, 11) is 0. The monoisotopic (exact) mass is 343 g/mol. The molecule has 114 valence electrons. The number of hydrogen-bond donors (Lipinski definition) is 1. The molecule has 0 saturated carbocycles. The van der Waals surface area contributed by atoms with Gasteiger partial charge < -0.3 is 5.32 Å². The number of hydrogen-bond acceptors (Lipinski definition) is 4. The molecule has 0 heterocycles. The van der Waals surface area contributed by atoms with Gasteiger partial charge in [0.2, 0.25) is 0 Å². The van der Waals surface area contributed by atoms with Crippen LogP contribution in [0.2, 0.25) is 5.02 Å². The third-order valence-electron chi connectivity index (χ3n) is 2.84. The fourth-order valence-electron chi connectivity index (χ4n) is 1.76. The molecule has 0 bridgehead atoms. The predicted molar refractivity (Wildman–Crippen MR) is 91.0 cm³/mol. The lowest BCUT2D eigenvalue weighted by Gasteiger charge is -2.12. The fourth-order valence-corrected chi connectivity index (χ4v) is 2.86. The SMILES string of the molecule is N#CC(C#N)=C(Nc1ccccc1Cl)SCc1cccc(F)c1. The third-order valence-corrected chi connectivity index (χ3v) is 4.25. The van der Waals surface area contributed by atoms with Gasteiger partial charge in [0.05, 0.1) is 10.7 Å². The Labute approximate surface area is 143 Å². The van der Waals surface area contributed by atoms with Crippen molar-refractivity contribution in [1.82, 2.24) is 0 Å². The molecule has 2 aromatic carbocycles. The Bertz CT molecular complexity index is 805. The zero-order valence-electron chi connectivity index (χ0n) is 11.9. The standard InChI is InChI=1S/C17H11ClFN3S/c18-15-6-1-2-7-16(15)22-17(13(9-20)10-21)23-11-12-4-3-5-14(19)8-12/h1-8,22H,11H2. The molecular formula is C17H11ClFN3S. The number of benzene rings is 2. The number of para-hydroxylation sites is 1. The van der Waals surface area contributed by atoms with E-state index in [4.69, 9.17) is 22.1 Å². The molecule has 1 N–H and O–H groups in total. The number of nitrogens with zero attached hydrogens (tertiary/aromatic N) is 2. The van der Waals surface area contributed by atoms with Crippen LogP contribution in [-0.4, -0.2) is 0 Å². The van der Waals surface area contributed by atoms with Crippen molar-refractivity contribution in [2.24, 2.45) is 0 Å². The number of halogens is 2. The van der Waals surface area contributed by atoms with E-state index in [0.29, 0.717) is 21.5 Å². The largest absolute Gasteiger partial charge is 0.347 e. The number of rotatable bonds is 5. The van der Waals surface area contributed by atoms with Gasteiger partial charge in [-0.15, -0.1) is 11.8 Å². The quantitative estimate of drug-likeness (QED) is 0.769. The van der Waals surface area contributed by atoms with Crippen molar-refractivity contribution in [3.8, 4) is 12.1 Å². The highest BCUT2D eigenvalue weighted by molar-refractivity contribution is 8.02. The van der Waals surface area contributed by atoms with Gasteiger partial charge in [-0.1, -0.05) is 35.9 Å². The third kappa shape index (κ3) is 4.75. The van der Waals surface area contributed by atoms with Crippen LogP contribution in [0.25, 0.3) is 0 Å². The molecule has 0 saturated heterocycles. The maximum Gasteiger partial charge on any atom is 0.159 e. The van der Waals surface area contributed by atoms with Crippen LogP contribution in [0.15, 0.2) is 59.1 Å². The molecule has 0 aliphatic carbocycles. The summed E-state index contributed by atoms with van der Waals surface area (Å²) in [6.45, 7) is 0. The van der Waals surface area contributed by atoms with Gasteiger partial charge in [0.1, 0.15) is 23.0 Å². The van der Waals surface area contributed by atoms with Crippen LogP contribution in [-0.2, 0) is 5.75 Å². The van der Waals surface area contributed by atoms with Crippen molar-refractivity contribution in [2.75, 3.05) is 5.32 Å². The lowest BCUT2D eigenvalue weighted by Crippen LogP contribution is -2.01. The van der Waals surface area contributed by atoms with Gasteiger partial charge in [-0.2, -0.15) is 10.5 Å². The number of anilines is 1. The van der Waals surface area contributed by atoms with Gasteiger partial charge in [-0.3, -0.25) is 0 Å². The van der Waals surface area contributed by atoms with Crippen molar-refractivity contribution in [3.63, 3.8) is 0 Å². The Morgan fingerprint density at radius 3 is 2.52 bits per heavy atom. The van der Waals surface area contributed by atoms with E-state index in [1.54, 1.807) is 36.4 Å². The first-order valence-electron chi connectivity index (χ1n) is 6.57. The van der Waals surface area contributed by atoms with E-state index in [2.05, 4.69) is 5.32 Å². The maximum absolute atomic E-state index is 13.2. The van der Waals surface area contributed by atoms with E-state index >= 15 is 0 Å². The molecule has 3 nitrogen and oxygen atoms in total. The van der Waals surface area contributed by atoms with Crippen molar-refractivity contribution in [2.45, 2.75) is 5.75 Å². The zero-order chi connectivity index (χ0) is 16.7. The lowest BCUT2D eigenvalue weighted by atomic mass is 10.2. The van der Waals surface area contributed by atoms with Crippen LogP contribution in [0, 0.1) is 28.5 Å². The van der Waals surface area contributed by atoms with E-state index in [1.807, 2.05) is 12.1 Å². The Hall–Kier alpha value is -2.47. The molecule has 0 aliphatic heterocycles. The summed E-state index contributed by atoms with van der Waals surface area (Å²) in [6, 6.07) is 16.9. The van der Waals surface area contributed by atoms with E-state index in [9.17, 15) is 4.39 Å². The van der Waals surface area contributed by atoms with Gasteiger partial charge >= 0.3 is 0 Å². The van der Waals surface area contributed by atoms with Gasteiger partial charge in [-0.05, 0) is 29.8 Å². The summed E-state index contributed by atoms with van der Waals surface area (Å²) < 4.78 is 13.2. The van der Waals surface area contributed by atoms with Crippen LogP contribution < -0.4 is 5.32 Å². The number of nitrogens with one attached hydrogen (secondary N) is 1. The first-order chi connectivity index (χ1) is 11.1. The smallest absolute Gasteiger partial charge is 0.159 e. The Balaban J connectivity index is 2.23. The van der Waals surface area contributed by atoms with Crippen molar-refractivity contribution in [1.29, 1.82) is 10.5 Å². The molecule has 23 heavy (non-hydrogen) atoms. The summed E-state index contributed by atoms with van der Waals surface area (Å²) in [5.41, 5.74) is 1.30. The maximum atomic E-state index is 13.2. The normalized spacial score (nSPS) is 9.57. The summed E-state index contributed by atoms with van der Waals surface area (Å²) in [5, 5.41) is 22.1. The van der Waals surface area contributed by atoms with Crippen molar-refractivity contribution < 1.29 is 4.39 Å². The Morgan fingerprint density at radius 1 is 1.13 bits per heavy atom. The topological polar surface area (TPSA) is 59.6 Å². The van der Waals surface area contributed by atoms with Crippen LogP contribution in [0.5, 0.6) is 0 Å². The second-order valence-corrected chi connectivity index (χ2v) is 5.84. The Kier molecular flexibility index (Phi) is 6.05. The van der Waals surface area contributed by atoms with Crippen molar-refractivity contribution >= 4 is 29.1 Å². The average molecular weight is 344 g/mol. The molecule has 0 aromatic heterocycles. The molecule has 0 amide bonds. The number of allylic oxidation sites excluding steroid dienone is 1. The lowest BCUT2D eigenvalue weighted by molar-refractivity contribution is 0.626. The van der Waals surface area contributed by atoms with Crippen LogP contribution in [0.1, 0.15) is 5.56 Å². The molecule has 0 radical (unpaired) electrons. The summed E-state index contributed by atoms with van der Waals surface area (Å²) >= 11 is 7.33. The van der Waals surface area contributed by atoms with Crippen LogP contribution in [0.4, 0.5) is 10.1 Å². The fraction of sp³-hybridized carbons (Fsp3) is 0.0588. The second kappa shape index (κ2) is 8.24. The summed E-state index contributed by atoms with van der Waals surface area (Å²) in [6.07, 6.45) is 0. The molecule has 2 rings (SSSR count). The van der Waals surface area contributed by atoms with E-state index < -0.39 is 0 Å². The molecule has 2 aromatic rings. The summed E-state index contributed by atoms with van der Waals surface area (Å²) in [4.78, 5) is 0. The summed E-state index contributed by atoms with van der Waals surface area (Å²) in [5.74, 6) is 0.0886. The highest BCUT2D eigenvalue weighted by Gasteiger charge is 2.10. The zero-order valence-corrected chi connectivity index (χ0v) is 13.5. The molecule has 6 heteroatoms. The highest BCUT2D eigenvalue weighted by atomic mass is 35.5. The average Bonchev–Trinajstić information content (AvgIpc) is 2.55. The van der Waals surface area contributed by atoms with E-state index in [1.165, 1.54) is 23.9 Å². The minimum Gasteiger partial charge on any atom is -0.347 e. The molecule has 0 unspecified atom stereocenters. The molecule has 0 atom stereocenters.